The summed E-state index contributed by atoms with van der Waals surface area (Å²) in [5.74, 6) is -0.0201. The molecule has 0 bridgehead atoms. The minimum Gasteiger partial charge on any atom is -0.337 e. The van der Waals surface area contributed by atoms with Gasteiger partial charge in [-0.05, 0) is 58.1 Å². The first kappa shape index (κ1) is 16.7. The number of hydrogen-bond donors (Lipinski definition) is 1. The summed E-state index contributed by atoms with van der Waals surface area (Å²) < 4.78 is 0. The standard InChI is InChI=1S/C18H26N4O2/c1-18(2)9-6-12-22(18)17(24)20-14-7-8-15(19-13-14)16(23)21-10-4-3-5-11-21/h7-8,13H,3-6,9-12H2,1-2H3,(H,20,24). The third-order valence-electron chi connectivity index (χ3n) is 5.02. The number of nitrogens with one attached hydrogen (secondary N) is 1. The number of carbonyl (C=O) groups is 2. The lowest BCUT2D eigenvalue weighted by Crippen LogP contribution is -2.45. The Kier molecular flexibility index (Phi) is 4.73. The van der Waals surface area contributed by atoms with Crippen molar-refractivity contribution >= 4 is 17.6 Å². The van der Waals surface area contributed by atoms with Crippen LogP contribution in [0.2, 0.25) is 0 Å². The molecule has 2 fully saturated rings. The molecule has 0 radical (unpaired) electrons. The molecule has 0 aliphatic carbocycles. The number of piperidine rings is 1. The van der Waals surface area contributed by atoms with Gasteiger partial charge in [-0.3, -0.25) is 4.79 Å². The second-order valence-electron chi connectivity index (χ2n) is 7.28. The SMILES string of the molecule is CC1(C)CCCN1C(=O)Nc1ccc(C(=O)N2CCCCC2)nc1. The number of aromatic nitrogens is 1. The zero-order valence-electron chi connectivity index (χ0n) is 14.5. The highest BCUT2D eigenvalue weighted by Crippen LogP contribution is 2.28. The van der Waals surface area contributed by atoms with Crippen LogP contribution >= 0.6 is 0 Å². The van der Waals surface area contributed by atoms with Gasteiger partial charge in [-0.2, -0.15) is 0 Å². The fourth-order valence-electron chi connectivity index (χ4n) is 3.53. The van der Waals surface area contributed by atoms with Crippen LogP contribution in [0.3, 0.4) is 0 Å². The van der Waals surface area contributed by atoms with Crippen molar-refractivity contribution in [2.24, 2.45) is 0 Å². The van der Waals surface area contributed by atoms with Crippen LogP contribution in [0.25, 0.3) is 0 Å². The summed E-state index contributed by atoms with van der Waals surface area (Å²) in [5.41, 5.74) is 0.955. The smallest absolute Gasteiger partial charge is 0.322 e. The van der Waals surface area contributed by atoms with Gasteiger partial charge in [0.25, 0.3) is 5.91 Å². The summed E-state index contributed by atoms with van der Waals surface area (Å²) in [4.78, 5) is 32.8. The maximum absolute atomic E-state index is 12.4. The van der Waals surface area contributed by atoms with Gasteiger partial charge in [-0.25, -0.2) is 9.78 Å². The number of hydrogen-bond acceptors (Lipinski definition) is 3. The van der Waals surface area contributed by atoms with Crippen LogP contribution in [0, 0.1) is 0 Å². The molecule has 130 valence electrons. The molecule has 1 aromatic rings. The Bertz CT molecular complexity index is 606. The Morgan fingerprint density at radius 2 is 1.83 bits per heavy atom. The van der Waals surface area contributed by atoms with E-state index in [1.54, 1.807) is 18.3 Å². The molecular formula is C18H26N4O2. The zero-order chi connectivity index (χ0) is 17.2. The molecule has 1 aromatic heterocycles. The van der Waals surface area contributed by atoms with Gasteiger partial charge in [0.2, 0.25) is 0 Å². The normalized spacial score (nSPS) is 20.1. The number of likely N-dealkylation sites (tertiary alicyclic amines) is 2. The largest absolute Gasteiger partial charge is 0.337 e. The van der Waals surface area contributed by atoms with E-state index in [1.165, 1.54) is 6.42 Å². The molecule has 0 aromatic carbocycles. The number of amides is 3. The molecule has 3 heterocycles. The van der Waals surface area contributed by atoms with Crippen molar-refractivity contribution < 1.29 is 9.59 Å². The number of pyridine rings is 1. The third kappa shape index (κ3) is 3.52. The molecular weight excluding hydrogens is 304 g/mol. The van der Waals surface area contributed by atoms with Crippen LogP contribution in [0.4, 0.5) is 10.5 Å². The molecule has 1 N–H and O–H groups in total. The molecule has 0 saturated carbocycles. The van der Waals surface area contributed by atoms with Gasteiger partial charge in [0.05, 0.1) is 11.9 Å². The lowest BCUT2D eigenvalue weighted by molar-refractivity contribution is 0.0718. The molecule has 0 spiro atoms. The Morgan fingerprint density at radius 1 is 1.08 bits per heavy atom. The first-order chi connectivity index (χ1) is 11.5. The summed E-state index contributed by atoms with van der Waals surface area (Å²) >= 11 is 0. The number of urea groups is 1. The van der Waals surface area contributed by atoms with E-state index < -0.39 is 0 Å². The second kappa shape index (κ2) is 6.79. The van der Waals surface area contributed by atoms with E-state index in [0.29, 0.717) is 11.4 Å². The molecule has 2 saturated heterocycles. The summed E-state index contributed by atoms with van der Waals surface area (Å²) in [7, 11) is 0. The minimum absolute atomic E-state index is 0.0201. The minimum atomic E-state index is -0.109. The van der Waals surface area contributed by atoms with Gasteiger partial charge in [-0.15, -0.1) is 0 Å². The van der Waals surface area contributed by atoms with Crippen molar-refractivity contribution in [2.45, 2.75) is 51.5 Å². The van der Waals surface area contributed by atoms with E-state index in [0.717, 1.165) is 45.3 Å². The van der Waals surface area contributed by atoms with Crippen molar-refractivity contribution in [2.75, 3.05) is 25.0 Å². The van der Waals surface area contributed by atoms with E-state index in [4.69, 9.17) is 0 Å². The van der Waals surface area contributed by atoms with Crippen LogP contribution in [-0.2, 0) is 0 Å². The Balaban J connectivity index is 1.62. The maximum atomic E-state index is 12.4. The quantitative estimate of drug-likeness (QED) is 0.906. The predicted octanol–water partition coefficient (Wildman–Crippen LogP) is 3.11. The van der Waals surface area contributed by atoms with E-state index in [2.05, 4.69) is 24.1 Å². The first-order valence-electron chi connectivity index (χ1n) is 8.81. The monoisotopic (exact) mass is 330 g/mol. The first-order valence-corrected chi connectivity index (χ1v) is 8.81. The summed E-state index contributed by atoms with van der Waals surface area (Å²) in [6, 6.07) is 3.35. The van der Waals surface area contributed by atoms with Crippen LogP contribution in [-0.4, -0.2) is 51.9 Å². The average Bonchev–Trinajstić information content (AvgIpc) is 2.95. The molecule has 6 nitrogen and oxygen atoms in total. The summed E-state index contributed by atoms with van der Waals surface area (Å²) in [6.07, 6.45) is 6.92. The van der Waals surface area contributed by atoms with Gasteiger partial charge >= 0.3 is 6.03 Å². The van der Waals surface area contributed by atoms with Crippen molar-refractivity contribution in [3.05, 3.63) is 24.0 Å². The van der Waals surface area contributed by atoms with Gasteiger partial charge in [0, 0.05) is 25.2 Å². The molecule has 2 aliphatic heterocycles. The fourth-order valence-corrected chi connectivity index (χ4v) is 3.53. The molecule has 24 heavy (non-hydrogen) atoms. The lowest BCUT2D eigenvalue weighted by Gasteiger charge is -2.31. The topological polar surface area (TPSA) is 65.5 Å². The van der Waals surface area contributed by atoms with Gasteiger partial charge in [-0.1, -0.05) is 0 Å². The highest BCUT2D eigenvalue weighted by Gasteiger charge is 2.35. The molecule has 0 unspecified atom stereocenters. The Morgan fingerprint density at radius 3 is 2.42 bits per heavy atom. The molecule has 6 heteroatoms. The molecule has 3 amide bonds. The summed E-state index contributed by atoms with van der Waals surface area (Å²) in [6.45, 7) is 6.56. The van der Waals surface area contributed by atoms with E-state index in [1.807, 2.05) is 9.80 Å². The van der Waals surface area contributed by atoms with Crippen LogP contribution < -0.4 is 5.32 Å². The van der Waals surface area contributed by atoms with Crippen LogP contribution in [0.15, 0.2) is 18.3 Å². The number of anilines is 1. The number of nitrogens with zero attached hydrogens (tertiary/aromatic N) is 3. The lowest BCUT2D eigenvalue weighted by atomic mass is 10.0. The van der Waals surface area contributed by atoms with E-state index in [-0.39, 0.29) is 17.5 Å². The molecule has 3 rings (SSSR count). The predicted molar refractivity (Wildman–Crippen MR) is 93.0 cm³/mol. The van der Waals surface area contributed by atoms with Crippen molar-refractivity contribution in [3.8, 4) is 0 Å². The Hall–Kier alpha value is -2.11. The Labute approximate surface area is 143 Å². The van der Waals surface area contributed by atoms with Crippen LogP contribution in [0.1, 0.15) is 56.4 Å². The summed E-state index contributed by atoms with van der Waals surface area (Å²) in [5, 5.41) is 2.88. The van der Waals surface area contributed by atoms with Gasteiger partial charge in [0.1, 0.15) is 5.69 Å². The van der Waals surface area contributed by atoms with Crippen molar-refractivity contribution in [1.29, 1.82) is 0 Å². The van der Waals surface area contributed by atoms with Gasteiger partial charge in [0.15, 0.2) is 0 Å². The van der Waals surface area contributed by atoms with E-state index >= 15 is 0 Å². The highest BCUT2D eigenvalue weighted by molar-refractivity contribution is 5.93. The highest BCUT2D eigenvalue weighted by atomic mass is 16.2. The average molecular weight is 330 g/mol. The van der Waals surface area contributed by atoms with Gasteiger partial charge < -0.3 is 15.1 Å². The zero-order valence-corrected chi connectivity index (χ0v) is 14.5. The van der Waals surface area contributed by atoms with Crippen molar-refractivity contribution in [3.63, 3.8) is 0 Å². The molecule has 2 aliphatic rings. The number of carbonyl (C=O) groups excluding carboxylic acids is 2. The van der Waals surface area contributed by atoms with E-state index in [9.17, 15) is 9.59 Å². The van der Waals surface area contributed by atoms with Crippen LogP contribution in [0.5, 0.6) is 0 Å². The second-order valence-corrected chi connectivity index (χ2v) is 7.28. The third-order valence-corrected chi connectivity index (χ3v) is 5.02. The fraction of sp³-hybridized carbons (Fsp3) is 0.611. The van der Waals surface area contributed by atoms with Crippen molar-refractivity contribution in [1.82, 2.24) is 14.8 Å². The number of rotatable bonds is 2. The maximum Gasteiger partial charge on any atom is 0.322 e. The molecule has 0 atom stereocenters.